The van der Waals surface area contributed by atoms with Crippen molar-refractivity contribution in [2.75, 3.05) is 11.4 Å². The van der Waals surface area contributed by atoms with Crippen molar-refractivity contribution in [3.8, 4) is 6.07 Å². The van der Waals surface area contributed by atoms with E-state index in [0.717, 1.165) is 43.7 Å². The predicted octanol–water partition coefficient (Wildman–Crippen LogP) is 1.70. The Bertz CT molecular complexity index is 477. The number of nitrogens with two attached hydrogens (primary N) is 1. The third-order valence-electron chi connectivity index (χ3n) is 4.10. The first-order valence-electron chi connectivity index (χ1n) is 7.04. The Labute approximate surface area is 115 Å². The molecule has 2 rings (SSSR count). The highest BCUT2D eigenvalue weighted by Gasteiger charge is 2.27. The quantitative estimate of drug-likeness (QED) is 0.899. The number of anilines is 1. The molecule has 0 bridgehead atoms. The van der Waals surface area contributed by atoms with E-state index in [0.29, 0.717) is 17.6 Å². The summed E-state index contributed by atoms with van der Waals surface area (Å²) in [5.41, 5.74) is 7.50. The van der Waals surface area contributed by atoms with E-state index in [-0.39, 0.29) is 0 Å². The predicted molar refractivity (Wildman–Crippen MR) is 75.9 cm³/mol. The molecular formula is C14H23N5. The van der Waals surface area contributed by atoms with Gasteiger partial charge in [0.2, 0.25) is 0 Å². The van der Waals surface area contributed by atoms with E-state index >= 15 is 0 Å². The van der Waals surface area contributed by atoms with E-state index in [2.05, 4.69) is 23.0 Å². The lowest BCUT2D eigenvalue weighted by molar-refractivity contribution is 0.374. The van der Waals surface area contributed by atoms with Gasteiger partial charge in [-0.25, -0.2) is 0 Å². The van der Waals surface area contributed by atoms with Crippen molar-refractivity contribution in [1.29, 1.82) is 5.26 Å². The van der Waals surface area contributed by atoms with Crippen LogP contribution in [0.25, 0.3) is 0 Å². The smallest absolute Gasteiger partial charge is 0.145 e. The lowest BCUT2D eigenvalue weighted by Crippen LogP contribution is -2.42. The molecule has 1 heterocycles. The first-order chi connectivity index (χ1) is 9.08. The van der Waals surface area contributed by atoms with Crippen LogP contribution in [0, 0.1) is 18.3 Å². The Morgan fingerprint density at radius 3 is 2.58 bits per heavy atom. The van der Waals surface area contributed by atoms with E-state index in [1.807, 2.05) is 18.7 Å². The van der Waals surface area contributed by atoms with Gasteiger partial charge in [0.25, 0.3) is 0 Å². The molecule has 104 valence electrons. The molecule has 0 atom stereocenters. The minimum atomic E-state index is 0.346. The summed E-state index contributed by atoms with van der Waals surface area (Å²) in [5, 5.41) is 13.7. The van der Waals surface area contributed by atoms with Crippen molar-refractivity contribution in [1.82, 2.24) is 9.78 Å². The van der Waals surface area contributed by atoms with Crippen LogP contribution in [-0.4, -0.2) is 28.4 Å². The largest absolute Gasteiger partial charge is 0.353 e. The molecule has 1 aliphatic rings. The molecule has 0 aliphatic heterocycles. The number of hydrogen-bond acceptors (Lipinski definition) is 4. The van der Waals surface area contributed by atoms with Crippen molar-refractivity contribution in [3.05, 3.63) is 11.3 Å². The van der Waals surface area contributed by atoms with Gasteiger partial charge in [0.05, 0.1) is 5.69 Å². The summed E-state index contributed by atoms with van der Waals surface area (Å²) in [4.78, 5) is 2.32. The normalized spacial score (nSPS) is 23.1. The van der Waals surface area contributed by atoms with Crippen molar-refractivity contribution < 1.29 is 0 Å². The van der Waals surface area contributed by atoms with E-state index in [4.69, 9.17) is 5.73 Å². The Kier molecular flexibility index (Phi) is 4.11. The molecule has 0 aromatic carbocycles. The van der Waals surface area contributed by atoms with E-state index < -0.39 is 0 Å². The summed E-state index contributed by atoms with van der Waals surface area (Å²) in [7, 11) is 1.92. The number of rotatable bonds is 3. The number of nitrogens with zero attached hydrogens (tertiary/aromatic N) is 4. The van der Waals surface area contributed by atoms with Crippen LogP contribution in [0.3, 0.4) is 0 Å². The molecule has 5 heteroatoms. The first kappa shape index (κ1) is 13.9. The second-order valence-electron chi connectivity index (χ2n) is 5.37. The van der Waals surface area contributed by atoms with E-state index in [9.17, 15) is 5.26 Å². The molecule has 1 aromatic heterocycles. The maximum atomic E-state index is 9.35. The molecule has 1 aliphatic carbocycles. The monoisotopic (exact) mass is 261 g/mol. The van der Waals surface area contributed by atoms with E-state index in [1.54, 1.807) is 0 Å². The molecule has 0 amide bonds. The SMILES string of the molecule is CCN(c1c(C#N)c(C)nn1C)C1CCC(N)CC1. The zero-order chi connectivity index (χ0) is 14.0. The zero-order valence-corrected chi connectivity index (χ0v) is 12.1. The molecule has 1 fully saturated rings. The van der Waals surface area contributed by atoms with Crippen LogP contribution in [0.15, 0.2) is 0 Å². The summed E-state index contributed by atoms with van der Waals surface area (Å²) < 4.78 is 1.84. The molecule has 1 aromatic rings. The van der Waals surface area contributed by atoms with Crippen LogP contribution >= 0.6 is 0 Å². The third-order valence-corrected chi connectivity index (χ3v) is 4.10. The number of hydrogen-bond donors (Lipinski definition) is 1. The van der Waals surface area contributed by atoms with Crippen molar-refractivity contribution in [2.45, 2.75) is 51.6 Å². The minimum absolute atomic E-state index is 0.346. The minimum Gasteiger partial charge on any atom is -0.353 e. The van der Waals surface area contributed by atoms with Gasteiger partial charge in [-0.2, -0.15) is 10.4 Å². The van der Waals surface area contributed by atoms with Crippen LogP contribution in [0.2, 0.25) is 0 Å². The lowest BCUT2D eigenvalue weighted by Gasteiger charge is -2.36. The number of aryl methyl sites for hydroxylation is 2. The van der Waals surface area contributed by atoms with Crippen LogP contribution in [-0.2, 0) is 7.05 Å². The highest BCUT2D eigenvalue weighted by molar-refractivity contribution is 5.57. The zero-order valence-electron chi connectivity index (χ0n) is 12.1. The van der Waals surface area contributed by atoms with Crippen LogP contribution < -0.4 is 10.6 Å². The molecule has 0 unspecified atom stereocenters. The topological polar surface area (TPSA) is 70.9 Å². The Morgan fingerprint density at radius 2 is 2.05 bits per heavy atom. The molecule has 1 saturated carbocycles. The number of aromatic nitrogens is 2. The maximum absolute atomic E-state index is 9.35. The molecule has 5 nitrogen and oxygen atoms in total. The maximum Gasteiger partial charge on any atom is 0.145 e. The van der Waals surface area contributed by atoms with E-state index in [1.165, 1.54) is 0 Å². The van der Waals surface area contributed by atoms with Crippen LogP contribution in [0.1, 0.15) is 43.9 Å². The Hall–Kier alpha value is -1.54. The second-order valence-corrected chi connectivity index (χ2v) is 5.37. The van der Waals surface area contributed by atoms with Gasteiger partial charge in [-0.15, -0.1) is 0 Å². The van der Waals surface area contributed by atoms with Crippen molar-refractivity contribution >= 4 is 5.82 Å². The fourth-order valence-electron chi connectivity index (χ4n) is 3.10. The summed E-state index contributed by atoms with van der Waals surface area (Å²) in [6, 6.07) is 3.12. The molecule has 0 radical (unpaired) electrons. The fraction of sp³-hybridized carbons (Fsp3) is 0.714. The van der Waals surface area contributed by atoms with Gasteiger partial charge in [-0.05, 0) is 39.5 Å². The fourth-order valence-corrected chi connectivity index (χ4v) is 3.10. The Morgan fingerprint density at radius 1 is 1.42 bits per heavy atom. The van der Waals surface area contributed by atoms with Gasteiger partial charge in [-0.1, -0.05) is 0 Å². The average Bonchev–Trinajstić information content (AvgIpc) is 2.67. The van der Waals surface area contributed by atoms with Crippen LogP contribution in [0.5, 0.6) is 0 Å². The molecule has 0 saturated heterocycles. The summed E-state index contributed by atoms with van der Waals surface area (Å²) in [6.45, 7) is 4.93. The summed E-state index contributed by atoms with van der Waals surface area (Å²) in [5.74, 6) is 0.961. The second kappa shape index (κ2) is 5.62. The summed E-state index contributed by atoms with van der Waals surface area (Å²) >= 11 is 0. The summed E-state index contributed by atoms with van der Waals surface area (Å²) in [6.07, 6.45) is 4.34. The average molecular weight is 261 g/mol. The highest BCUT2D eigenvalue weighted by atomic mass is 15.4. The van der Waals surface area contributed by atoms with Gasteiger partial charge in [0, 0.05) is 25.7 Å². The van der Waals surface area contributed by atoms with Gasteiger partial charge < -0.3 is 10.6 Å². The molecule has 19 heavy (non-hydrogen) atoms. The third kappa shape index (κ3) is 2.59. The van der Waals surface area contributed by atoms with Gasteiger partial charge in [0.1, 0.15) is 17.5 Å². The Balaban J connectivity index is 2.30. The van der Waals surface area contributed by atoms with Crippen molar-refractivity contribution in [2.24, 2.45) is 12.8 Å². The first-order valence-corrected chi connectivity index (χ1v) is 7.04. The molecular weight excluding hydrogens is 238 g/mol. The lowest BCUT2D eigenvalue weighted by atomic mass is 9.90. The van der Waals surface area contributed by atoms with Crippen molar-refractivity contribution in [3.63, 3.8) is 0 Å². The van der Waals surface area contributed by atoms with Crippen LogP contribution in [0.4, 0.5) is 5.82 Å². The molecule has 2 N–H and O–H groups in total. The number of nitriles is 1. The van der Waals surface area contributed by atoms with Gasteiger partial charge in [-0.3, -0.25) is 4.68 Å². The molecule has 0 spiro atoms. The van der Waals surface area contributed by atoms with Gasteiger partial charge >= 0.3 is 0 Å². The highest BCUT2D eigenvalue weighted by Crippen LogP contribution is 2.29. The standard InChI is InChI=1S/C14H23N5/c1-4-19(12-7-5-11(16)6-8-12)14-13(9-15)10(2)17-18(14)3/h11-12H,4-8,16H2,1-3H3. The van der Waals surface area contributed by atoms with Gasteiger partial charge in [0.15, 0.2) is 0 Å².